The van der Waals surface area contributed by atoms with E-state index in [4.69, 9.17) is 11.5 Å². The van der Waals surface area contributed by atoms with Crippen LogP contribution < -0.4 is 11.5 Å². The molecule has 0 saturated carbocycles. The molecule has 4 N–H and O–H groups in total. The second-order valence-corrected chi connectivity index (χ2v) is 6.55. The minimum absolute atomic E-state index is 0.228. The van der Waals surface area contributed by atoms with Gasteiger partial charge in [-0.25, -0.2) is 0 Å². The zero-order chi connectivity index (χ0) is 14.6. The second kappa shape index (κ2) is 3.94. The van der Waals surface area contributed by atoms with Crippen LogP contribution in [0.2, 0.25) is 0 Å². The molecule has 1 aliphatic carbocycles. The smallest absolute Gasteiger partial charge is 0.0724 e. The largest absolute Gasteiger partial charge is 0.320 e. The van der Waals surface area contributed by atoms with E-state index < -0.39 is 11.1 Å². The number of nitrogens with two attached hydrogens (primary N) is 2. The van der Waals surface area contributed by atoms with Crippen LogP contribution in [0.1, 0.15) is 37.5 Å². The molecule has 2 unspecified atom stereocenters. The maximum absolute atomic E-state index is 6.96. The molecule has 2 aromatic rings. The highest BCUT2D eigenvalue weighted by molar-refractivity contribution is 5.54. The number of rotatable bonds is 1. The minimum Gasteiger partial charge on any atom is -0.320 e. The van der Waals surface area contributed by atoms with Gasteiger partial charge >= 0.3 is 0 Å². The van der Waals surface area contributed by atoms with Gasteiger partial charge in [0.05, 0.1) is 11.1 Å². The summed E-state index contributed by atoms with van der Waals surface area (Å²) in [6, 6.07) is 18.6. The van der Waals surface area contributed by atoms with Gasteiger partial charge in [-0.2, -0.15) is 0 Å². The van der Waals surface area contributed by atoms with Crippen molar-refractivity contribution in [1.29, 1.82) is 0 Å². The number of benzene rings is 2. The molecule has 0 saturated heterocycles. The molecule has 104 valence electrons. The van der Waals surface area contributed by atoms with Gasteiger partial charge in [0.1, 0.15) is 0 Å². The summed E-state index contributed by atoms with van der Waals surface area (Å²) in [7, 11) is 0. The summed E-state index contributed by atoms with van der Waals surface area (Å²) in [5.41, 5.74) is 15.7. The van der Waals surface area contributed by atoms with Gasteiger partial charge in [0.25, 0.3) is 0 Å². The Labute approximate surface area is 120 Å². The maximum Gasteiger partial charge on any atom is 0.0724 e. The molecule has 2 aromatic carbocycles. The fourth-order valence-corrected chi connectivity index (χ4v) is 3.92. The Kier molecular flexibility index (Phi) is 2.63. The number of hydrogen-bond acceptors (Lipinski definition) is 2. The molecule has 2 nitrogen and oxygen atoms in total. The fourth-order valence-electron chi connectivity index (χ4n) is 3.92. The monoisotopic (exact) mass is 266 g/mol. The van der Waals surface area contributed by atoms with Gasteiger partial charge in [-0.3, -0.25) is 0 Å². The average Bonchev–Trinajstić information content (AvgIpc) is 2.58. The molecule has 1 aliphatic rings. The van der Waals surface area contributed by atoms with Crippen molar-refractivity contribution >= 4 is 0 Å². The number of fused-ring (bicyclic) bond motifs is 1. The van der Waals surface area contributed by atoms with Gasteiger partial charge < -0.3 is 11.5 Å². The van der Waals surface area contributed by atoms with Crippen molar-refractivity contribution in [2.45, 2.75) is 37.3 Å². The van der Waals surface area contributed by atoms with Gasteiger partial charge in [-0.15, -0.1) is 0 Å². The third-order valence-corrected chi connectivity index (χ3v) is 5.19. The average molecular weight is 266 g/mol. The third-order valence-electron chi connectivity index (χ3n) is 5.19. The summed E-state index contributed by atoms with van der Waals surface area (Å²) in [5.74, 6) is 0. The van der Waals surface area contributed by atoms with Crippen LogP contribution in [0.5, 0.6) is 0 Å². The molecular weight excluding hydrogens is 244 g/mol. The van der Waals surface area contributed by atoms with E-state index in [1.807, 2.05) is 31.2 Å². The summed E-state index contributed by atoms with van der Waals surface area (Å²) in [4.78, 5) is 0. The standard InChI is InChI=1S/C18H22N2/c1-16(2)14-11-7-8-12-15(14)17(3,19)18(16,20)13-9-5-4-6-10-13/h4-12H,19-20H2,1-3H3. The second-order valence-electron chi connectivity index (χ2n) is 6.55. The lowest BCUT2D eigenvalue weighted by molar-refractivity contribution is 0.173. The van der Waals surface area contributed by atoms with E-state index >= 15 is 0 Å². The van der Waals surface area contributed by atoms with Gasteiger partial charge in [0.15, 0.2) is 0 Å². The molecule has 0 fully saturated rings. The predicted molar refractivity (Wildman–Crippen MR) is 83.3 cm³/mol. The van der Waals surface area contributed by atoms with Crippen LogP contribution >= 0.6 is 0 Å². The Morgan fingerprint density at radius 2 is 1.20 bits per heavy atom. The summed E-state index contributed by atoms with van der Waals surface area (Å²) < 4.78 is 0. The van der Waals surface area contributed by atoms with Crippen LogP contribution in [0.3, 0.4) is 0 Å². The van der Waals surface area contributed by atoms with Crippen LogP contribution in [-0.4, -0.2) is 0 Å². The molecule has 0 spiro atoms. The Hall–Kier alpha value is -1.64. The maximum atomic E-state index is 6.96. The molecule has 0 aliphatic heterocycles. The van der Waals surface area contributed by atoms with E-state index in [-0.39, 0.29) is 5.41 Å². The normalized spacial score (nSPS) is 31.1. The third kappa shape index (κ3) is 1.36. The zero-order valence-corrected chi connectivity index (χ0v) is 12.4. The lowest BCUT2D eigenvalue weighted by atomic mass is 9.63. The number of hydrogen-bond donors (Lipinski definition) is 2. The van der Waals surface area contributed by atoms with E-state index in [2.05, 4.69) is 44.2 Å². The molecule has 3 rings (SSSR count). The minimum atomic E-state index is -0.634. The van der Waals surface area contributed by atoms with Crippen molar-refractivity contribution < 1.29 is 0 Å². The summed E-state index contributed by atoms with van der Waals surface area (Å²) in [6.45, 7) is 6.43. The van der Waals surface area contributed by atoms with Crippen LogP contribution in [0, 0.1) is 0 Å². The van der Waals surface area contributed by atoms with E-state index in [1.54, 1.807) is 0 Å². The molecule has 0 amide bonds. The van der Waals surface area contributed by atoms with Crippen LogP contribution in [0.4, 0.5) is 0 Å². The SMILES string of the molecule is CC1(C)c2ccccc2C(C)(N)C1(N)c1ccccc1. The fraction of sp³-hybridized carbons (Fsp3) is 0.333. The predicted octanol–water partition coefficient (Wildman–Crippen LogP) is 3.01. The van der Waals surface area contributed by atoms with Crippen LogP contribution in [0.15, 0.2) is 54.6 Å². The molecule has 0 heterocycles. The van der Waals surface area contributed by atoms with Gasteiger partial charge in [0, 0.05) is 5.41 Å². The lowest BCUT2D eigenvalue weighted by Gasteiger charge is -2.47. The van der Waals surface area contributed by atoms with E-state index in [0.717, 1.165) is 11.1 Å². The van der Waals surface area contributed by atoms with Crippen molar-refractivity contribution in [3.05, 3.63) is 71.3 Å². The quantitative estimate of drug-likeness (QED) is 0.833. The summed E-state index contributed by atoms with van der Waals surface area (Å²) in [6.07, 6.45) is 0. The zero-order valence-electron chi connectivity index (χ0n) is 12.4. The topological polar surface area (TPSA) is 52.0 Å². The molecule has 0 aromatic heterocycles. The Balaban J connectivity index is 2.33. The van der Waals surface area contributed by atoms with E-state index in [1.165, 1.54) is 5.56 Å². The van der Waals surface area contributed by atoms with Gasteiger partial charge in [-0.05, 0) is 23.6 Å². The molecule has 0 radical (unpaired) electrons. The Morgan fingerprint density at radius 3 is 1.75 bits per heavy atom. The Bertz CT molecular complexity index is 606. The molecule has 20 heavy (non-hydrogen) atoms. The first-order chi connectivity index (χ1) is 9.33. The summed E-state index contributed by atoms with van der Waals surface area (Å²) in [5, 5.41) is 0. The molecule has 2 atom stereocenters. The first kappa shape index (κ1) is 13.3. The van der Waals surface area contributed by atoms with Gasteiger partial charge in [-0.1, -0.05) is 68.4 Å². The van der Waals surface area contributed by atoms with Crippen LogP contribution in [-0.2, 0) is 16.5 Å². The first-order valence-corrected chi connectivity index (χ1v) is 7.07. The van der Waals surface area contributed by atoms with Crippen molar-refractivity contribution in [2.75, 3.05) is 0 Å². The lowest BCUT2D eigenvalue weighted by Crippen LogP contribution is -2.63. The van der Waals surface area contributed by atoms with Gasteiger partial charge in [0.2, 0.25) is 0 Å². The van der Waals surface area contributed by atoms with Crippen molar-refractivity contribution in [1.82, 2.24) is 0 Å². The first-order valence-electron chi connectivity index (χ1n) is 7.07. The molecule has 0 bridgehead atoms. The molecule has 2 heteroatoms. The van der Waals surface area contributed by atoms with Crippen LogP contribution in [0.25, 0.3) is 0 Å². The summed E-state index contributed by atoms with van der Waals surface area (Å²) >= 11 is 0. The highest BCUT2D eigenvalue weighted by atomic mass is 15.0. The Morgan fingerprint density at radius 1 is 0.700 bits per heavy atom. The molecular formula is C18H22N2. The van der Waals surface area contributed by atoms with E-state index in [0.29, 0.717) is 0 Å². The van der Waals surface area contributed by atoms with E-state index in [9.17, 15) is 0 Å². The van der Waals surface area contributed by atoms with Crippen molar-refractivity contribution in [3.8, 4) is 0 Å². The van der Waals surface area contributed by atoms with Crippen molar-refractivity contribution in [3.63, 3.8) is 0 Å². The highest BCUT2D eigenvalue weighted by Gasteiger charge is 2.61. The van der Waals surface area contributed by atoms with Crippen molar-refractivity contribution in [2.24, 2.45) is 11.5 Å². The highest BCUT2D eigenvalue weighted by Crippen LogP contribution is 2.57.